The Hall–Kier alpha value is -2.67. The van der Waals surface area contributed by atoms with E-state index in [4.69, 9.17) is 4.74 Å². The first-order valence-electron chi connectivity index (χ1n) is 8.31. The molecule has 134 valence electrons. The molecule has 1 aliphatic heterocycles. The molecule has 6 nitrogen and oxygen atoms in total. The second-order valence-electron chi connectivity index (χ2n) is 5.77. The molecule has 0 unspecified atom stereocenters. The van der Waals surface area contributed by atoms with Crippen molar-refractivity contribution in [2.45, 2.75) is 25.5 Å². The summed E-state index contributed by atoms with van der Waals surface area (Å²) in [4.78, 5) is 32.6. The van der Waals surface area contributed by atoms with E-state index in [1.807, 2.05) is 31.2 Å². The molecule has 2 aromatic rings. The molecule has 1 amide bonds. The van der Waals surface area contributed by atoms with Crippen molar-refractivity contribution in [2.24, 2.45) is 4.99 Å². The standard InChI is InChI=1S/C19H19N3O3S/c1-3-25-18(24)14-9-7-13(8-10-14)11-15-17(23)22-19(26-15)21-16-6-4-5-12(2)20-16/h4-10,15H,3,11H2,1-2H3,(H,20,21,22,23)/t15-/m0/s1. The average molecular weight is 369 g/mol. The van der Waals surface area contributed by atoms with Crippen LogP contribution in [-0.2, 0) is 16.0 Å². The maximum absolute atomic E-state index is 12.2. The van der Waals surface area contributed by atoms with Crippen molar-refractivity contribution >= 4 is 34.6 Å². The quantitative estimate of drug-likeness (QED) is 0.820. The lowest BCUT2D eigenvalue weighted by Crippen LogP contribution is -2.26. The molecule has 1 N–H and O–H groups in total. The SMILES string of the molecule is CCOC(=O)c1ccc(C[C@@H]2S/C(=N/c3cccc(C)n3)NC2=O)cc1. The van der Waals surface area contributed by atoms with Crippen LogP contribution in [0.5, 0.6) is 0 Å². The van der Waals surface area contributed by atoms with Gasteiger partial charge in [0, 0.05) is 5.69 Å². The summed E-state index contributed by atoms with van der Waals surface area (Å²) in [6, 6.07) is 12.7. The first-order valence-corrected chi connectivity index (χ1v) is 9.19. The van der Waals surface area contributed by atoms with E-state index >= 15 is 0 Å². The number of hydrogen-bond acceptors (Lipinski definition) is 6. The highest BCUT2D eigenvalue weighted by atomic mass is 32.2. The van der Waals surface area contributed by atoms with E-state index in [-0.39, 0.29) is 17.1 Å². The maximum atomic E-state index is 12.2. The lowest BCUT2D eigenvalue weighted by molar-refractivity contribution is -0.118. The van der Waals surface area contributed by atoms with E-state index in [2.05, 4.69) is 15.3 Å². The number of esters is 1. The van der Waals surface area contributed by atoms with Gasteiger partial charge in [-0.05, 0) is 50.1 Å². The monoisotopic (exact) mass is 369 g/mol. The van der Waals surface area contributed by atoms with E-state index < -0.39 is 0 Å². The van der Waals surface area contributed by atoms with E-state index in [1.54, 1.807) is 25.1 Å². The van der Waals surface area contributed by atoms with E-state index in [1.165, 1.54) is 11.8 Å². The minimum absolute atomic E-state index is 0.0733. The summed E-state index contributed by atoms with van der Waals surface area (Å²) in [7, 11) is 0. The molecule has 1 aromatic carbocycles. The Morgan fingerprint density at radius 1 is 1.27 bits per heavy atom. The molecular formula is C19H19N3O3S. The predicted octanol–water partition coefficient (Wildman–Crippen LogP) is 3.03. The third-order valence-corrected chi connectivity index (χ3v) is 4.83. The highest BCUT2D eigenvalue weighted by Gasteiger charge is 2.30. The Morgan fingerprint density at radius 3 is 2.73 bits per heavy atom. The Morgan fingerprint density at radius 2 is 2.04 bits per heavy atom. The molecule has 0 radical (unpaired) electrons. The number of carbonyl (C=O) groups excluding carboxylic acids is 2. The van der Waals surface area contributed by atoms with Gasteiger partial charge in [0.2, 0.25) is 5.91 Å². The van der Waals surface area contributed by atoms with Crippen LogP contribution in [0, 0.1) is 6.92 Å². The number of ether oxygens (including phenoxy) is 1. The minimum Gasteiger partial charge on any atom is -0.462 e. The molecule has 0 spiro atoms. The van der Waals surface area contributed by atoms with Crippen molar-refractivity contribution in [1.82, 2.24) is 10.3 Å². The first-order chi connectivity index (χ1) is 12.5. The lowest BCUT2D eigenvalue weighted by Gasteiger charge is -2.06. The van der Waals surface area contributed by atoms with Gasteiger partial charge in [-0.1, -0.05) is 30.0 Å². The van der Waals surface area contributed by atoms with Crippen LogP contribution in [0.25, 0.3) is 0 Å². The van der Waals surface area contributed by atoms with Crippen molar-refractivity contribution in [2.75, 3.05) is 6.61 Å². The molecule has 26 heavy (non-hydrogen) atoms. The number of thioether (sulfide) groups is 1. The van der Waals surface area contributed by atoms with Crippen molar-refractivity contribution in [1.29, 1.82) is 0 Å². The van der Waals surface area contributed by atoms with Gasteiger partial charge < -0.3 is 10.1 Å². The number of benzene rings is 1. The summed E-state index contributed by atoms with van der Waals surface area (Å²) in [5, 5.41) is 3.10. The number of aryl methyl sites for hydroxylation is 1. The topological polar surface area (TPSA) is 80.7 Å². The summed E-state index contributed by atoms with van der Waals surface area (Å²) in [6.07, 6.45) is 0.555. The van der Waals surface area contributed by atoms with Crippen molar-refractivity contribution in [3.63, 3.8) is 0 Å². The number of aromatic nitrogens is 1. The average Bonchev–Trinajstić information content (AvgIpc) is 2.95. The first kappa shape index (κ1) is 18.1. The van der Waals surface area contributed by atoms with E-state index in [0.717, 1.165) is 11.3 Å². The molecular weight excluding hydrogens is 350 g/mol. The van der Waals surface area contributed by atoms with Crippen LogP contribution in [-0.4, -0.2) is 33.9 Å². The van der Waals surface area contributed by atoms with Crippen molar-refractivity contribution in [3.05, 3.63) is 59.3 Å². The summed E-state index contributed by atoms with van der Waals surface area (Å²) < 4.78 is 4.97. The molecule has 1 aromatic heterocycles. The predicted molar refractivity (Wildman–Crippen MR) is 102 cm³/mol. The van der Waals surface area contributed by atoms with Crippen LogP contribution in [0.3, 0.4) is 0 Å². The normalized spacial score (nSPS) is 18.0. The second kappa shape index (κ2) is 8.14. The zero-order valence-corrected chi connectivity index (χ0v) is 15.4. The smallest absolute Gasteiger partial charge is 0.338 e. The van der Waals surface area contributed by atoms with Gasteiger partial charge in [0.05, 0.1) is 17.4 Å². The third kappa shape index (κ3) is 4.49. The zero-order valence-electron chi connectivity index (χ0n) is 14.6. The molecule has 0 aliphatic carbocycles. The van der Waals surface area contributed by atoms with Gasteiger partial charge in [0.1, 0.15) is 0 Å². The molecule has 7 heteroatoms. The van der Waals surface area contributed by atoms with Crippen LogP contribution in [0.15, 0.2) is 47.5 Å². The summed E-state index contributed by atoms with van der Waals surface area (Å²) in [6.45, 7) is 4.01. The Bertz CT molecular complexity index is 849. The molecule has 0 saturated carbocycles. The Balaban J connectivity index is 1.65. The van der Waals surface area contributed by atoms with Crippen LogP contribution in [0.4, 0.5) is 5.82 Å². The number of pyridine rings is 1. The highest BCUT2D eigenvalue weighted by Crippen LogP contribution is 2.25. The fraction of sp³-hybridized carbons (Fsp3) is 0.263. The number of hydrogen-bond donors (Lipinski definition) is 1. The van der Waals surface area contributed by atoms with Gasteiger partial charge in [0.15, 0.2) is 11.0 Å². The van der Waals surface area contributed by atoms with Gasteiger partial charge in [0.25, 0.3) is 0 Å². The zero-order chi connectivity index (χ0) is 18.5. The number of amides is 1. The van der Waals surface area contributed by atoms with Gasteiger partial charge in [-0.2, -0.15) is 0 Å². The fourth-order valence-corrected chi connectivity index (χ4v) is 3.51. The number of rotatable bonds is 5. The van der Waals surface area contributed by atoms with Gasteiger partial charge in [-0.3, -0.25) is 4.79 Å². The van der Waals surface area contributed by atoms with Crippen molar-refractivity contribution in [3.8, 4) is 0 Å². The minimum atomic E-state index is -0.341. The number of aliphatic imine (C=N–C) groups is 1. The number of carbonyl (C=O) groups is 2. The number of amidine groups is 1. The van der Waals surface area contributed by atoms with Crippen LogP contribution < -0.4 is 5.32 Å². The number of nitrogens with one attached hydrogen (secondary N) is 1. The summed E-state index contributed by atoms with van der Waals surface area (Å²) in [5.74, 6) is 0.162. The Labute approximate surface area is 156 Å². The van der Waals surface area contributed by atoms with Crippen LogP contribution >= 0.6 is 11.8 Å². The van der Waals surface area contributed by atoms with Crippen molar-refractivity contribution < 1.29 is 14.3 Å². The van der Waals surface area contributed by atoms with E-state index in [0.29, 0.717) is 29.6 Å². The Kier molecular flexibility index (Phi) is 5.68. The van der Waals surface area contributed by atoms with Crippen LogP contribution in [0.2, 0.25) is 0 Å². The number of nitrogens with zero attached hydrogens (tertiary/aromatic N) is 2. The molecule has 2 heterocycles. The molecule has 0 bridgehead atoms. The highest BCUT2D eigenvalue weighted by molar-refractivity contribution is 8.15. The van der Waals surface area contributed by atoms with E-state index in [9.17, 15) is 9.59 Å². The van der Waals surface area contributed by atoms with Gasteiger partial charge >= 0.3 is 5.97 Å². The molecule has 1 atom stereocenters. The fourth-order valence-electron chi connectivity index (χ4n) is 2.49. The molecule has 1 saturated heterocycles. The summed E-state index contributed by atoms with van der Waals surface area (Å²) >= 11 is 1.39. The summed E-state index contributed by atoms with van der Waals surface area (Å²) in [5.41, 5.74) is 2.35. The van der Waals surface area contributed by atoms with Gasteiger partial charge in [-0.15, -0.1) is 0 Å². The molecule has 1 fully saturated rings. The second-order valence-corrected chi connectivity index (χ2v) is 6.96. The maximum Gasteiger partial charge on any atom is 0.338 e. The van der Waals surface area contributed by atoms with Crippen LogP contribution in [0.1, 0.15) is 28.5 Å². The lowest BCUT2D eigenvalue weighted by atomic mass is 10.1. The molecule has 1 aliphatic rings. The molecule has 3 rings (SSSR count). The third-order valence-electron chi connectivity index (χ3n) is 3.75. The largest absolute Gasteiger partial charge is 0.462 e. The van der Waals surface area contributed by atoms with Gasteiger partial charge in [-0.25, -0.2) is 14.8 Å².